The van der Waals surface area contributed by atoms with Gasteiger partial charge in [-0.3, -0.25) is 0 Å². The largest absolute Gasteiger partial charge is 0.349 e. The van der Waals surface area contributed by atoms with Crippen LogP contribution in [0.5, 0.6) is 0 Å². The second-order valence-corrected chi connectivity index (χ2v) is 10.6. The fourth-order valence-corrected chi connectivity index (χ4v) is 7.28. The smallest absolute Gasteiger partial charge is 0.109 e. The molecule has 0 amide bonds. The average Bonchev–Trinajstić information content (AvgIpc) is 3.41. The Morgan fingerprint density at radius 1 is 0.700 bits per heavy atom. The molecule has 1 aromatic rings. The molecule has 30 heavy (non-hydrogen) atoms. The first-order chi connectivity index (χ1) is 14.8. The van der Waals surface area contributed by atoms with E-state index in [9.17, 15) is 0 Å². The van der Waals surface area contributed by atoms with Gasteiger partial charge in [0.25, 0.3) is 0 Å². The van der Waals surface area contributed by atoms with Crippen LogP contribution in [0.15, 0.2) is 35.7 Å². The van der Waals surface area contributed by atoms with Gasteiger partial charge in [-0.25, -0.2) is 0 Å². The Morgan fingerprint density at radius 3 is 1.97 bits per heavy atom. The highest BCUT2D eigenvalue weighted by molar-refractivity contribution is 5.61. The van der Waals surface area contributed by atoms with Crippen molar-refractivity contribution < 1.29 is 0 Å². The molecule has 4 aliphatic rings. The molecule has 164 valence electrons. The van der Waals surface area contributed by atoms with E-state index >= 15 is 0 Å². The van der Waals surface area contributed by atoms with Crippen molar-refractivity contribution in [2.45, 2.75) is 116 Å². The number of para-hydroxylation sites is 1. The zero-order valence-electron chi connectivity index (χ0n) is 19.4. The molecule has 0 radical (unpaired) electrons. The fourth-order valence-electron chi connectivity index (χ4n) is 7.28. The number of anilines is 1. The van der Waals surface area contributed by atoms with E-state index < -0.39 is 0 Å². The highest BCUT2D eigenvalue weighted by Crippen LogP contribution is 2.49. The van der Waals surface area contributed by atoms with Crippen molar-refractivity contribution in [1.82, 2.24) is 4.90 Å². The SMILES string of the molecule is CC1=C(C2CCCC2)N(C2CCCCC2)C(C2CCCCC2)N1c1ccccc1C. The summed E-state index contributed by atoms with van der Waals surface area (Å²) in [6.45, 7) is 4.79. The summed E-state index contributed by atoms with van der Waals surface area (Å²) in [6.07, 6.45) is 20.5. The van der Waals surface area contributed by atoms with E-state index in [4.69, 9.17) is 0 Å². The van der Waals surface area contributed by atoms with Crippen LogP contribution in [0, 0.1) is 18.8 Å². The molecule has 1 heterocycles. The second kappa shape index (κ2) is 8.97. The van der Waals surface area contributed by atoms with Crippen LogP contribution in [0.4, 0.5) is 5.69 Å². The Labute approximate surface area is 184 Å². The van der Waals surface area contributed by atoms with Gasteiger partial charge in [0.05, 0.1) is 0 Å². The summed E-state index contributed by atoms with van der Waals surface area (Å²) in [5.74, 6) is 1.61. The normalized spacial score (nSPS) is 27.5. The third-order valence-electron chi connectivity index (χ3n) is 8.72. The van der Waals surface area contributed by atoms with E-state index in [-0.39, 0.29) is 0 Å². The lowest BCUT2D eigenvalue weighted by atomic mass is 9.84. The van der Waals surface area contributed by atoms with Crippen molar-refractivity contribution in [3.63, 3.8) is 0 Å². The van der Waals surface area contributed by atoms with Gasteiger partial charge in [-0.15, -0.1) is 0 Å². The predicted molar refractivity (Wildman–Crippen MR) is 127 cm³/mol. The van der Waals surface area contributed by atoms with Crippen LogP contribution in [0.3, 0.4) is 0 Å². The van der Waals surface area contributed by atoms with Crippen LogP contribution in [0.25, 0.3) is 0 Å². The van der Waals surface area contributed by atoms with Crippen molar-refractivity contribution in [1.29, 1.82) is 0 Å². The van der Waals surface area contributed by atoms with Gasteiger partial charge in [-0.2, -0.15) is 0 Å². The van der Waals surface area contributed by atoms with Crippen molar-refractivity contribution in [3.05, 3.63) is 41.2 Å². The third kappa shape index (κ3) is 3.69. The molecule has 1 aromatic carbocycles. The second-order valence-electron chi connectivity index (χ2n) is 10.6. The number of aryl methyl sites for hydroxylation is 1. The summed E-state index contributed by atoms with van der Waals surface area (Å²) in [7, 11) is 0. The van der Waals surface area contributed by atoms with E-state index in [0.717, 1.165) is 17.9 Å². The van der Waals surface area contributed by atoms with Crippen LogP contribution >= 0.6 is 0 Å². The zero-order chi connectivity index (χ0) is 20.5. The van der Waals surface area contributed by atoms with E-state index in [0.29, 0.717) is 6.17 Å². The summed E-state index contributed by atoms with van der Waals surface area (Å²) >= 11 is 0. The molecule has 1 unspecified atom stereocenters. The Bertz CT molecular complexity index is 748. The van der Waals surface area contributed by atoms with E-state index in [1.165, 1.54) is 101 Å². The van der Waals surface area contributed by atoms with E-state index in [1.54, 1.807) is 11.4 Å². The maximum atomic E-state index is 3.05. The van der Waals surface area contributed by atoms with Crippen molar-refractivity contribution in [2.24, 2.45) is 11.8 Å². The molecule has 1 atom stereocenters. The minimum atomic E-state index is 0.560. The number of hydrogen-bond donors (Lipinski definition) is 0. The lowest BCUT2D eigenvalue weighted by Crippen LogP contribution is -2.51. The molecule has 5 rings (SSSR count). The molecule has 0 spiro atoms. The molecule has 2 nitrogen and oxygen atoms in total. The van der Waals surface area contributed by atoms with Gasteiger partial charge < -0.3 is 9.80 Å². The Balaban J connectivity index is 1.61. The first-order valence-electron chi connectivity index (χ1n) is 13.1. The molecule has 3 fully saturated rings. The summed E-state index contributed by atoms with van der Waals surface area (Å²) in [5, 5.41) is 0. The quantitative estimate of drug-likeness (QED) is 0.503. The van der Waals surface area contributed by atoms with Gasteiger partial charge in [0.1, 0.15) is 6.17 Å². The highest BCUT2D eigenvalue weighted by Gasteiger charge is 2.47. The minimum absolute atomic E-state index is 0.560. The molecule has 0 saturated heterocycles. The first-order valence-corrected chi connectivity index (χ1v) is 13.1. The van der Waals surface area contributed by atoms with Gasteiger partial charge in [-0.1, -0.05) is 69.6 Å². The standard InChI is InChI=1S/C28H42N2/c1-21-13-9-12-20-26(21)29-22(2)27(23-14-10-11-15-23)30(25-18-7-4-8-19-25)28(29)24-16-5-3-6-17-24/h9,12-13,20,23-25,28H,3-8,10-11,14-19H2,1-2H3. The van der Waals surface area contributed by atoms with E-state index in [1.807, 2.05) is 0 Å². The van der Waals surface area contributed by atoms with Crippen LogP contribution in [0.2, 0.25) is 0 Å². The summed E-state index contributed by atoms with van der Waals surface area (Å²) in [4.78, 5) is 5.88. The Kier molecular flexibility index (Phi) is 6.12. The molecular weight excluding hydrogens is 364 g/mol. The summed E-state index contributed by atoms with van der Waals surface area (Å²) in [5.41, 5.74) is 6.27. The molecule has 1 aliphatic heterocycles. The van der Waals surface area contributed by atoms with Crippen LogP contribution in [0.1, 0.15) is 102 Å². The van der Waals surface area contributed by atoms with Gasteiger partial charge in [0.15, 0.2) is 0 Å². The summed E-state index contributed by atoms with van der Waals surface area (Å²) < 4.78 is 0. The van der Waals surface area contributed by atoms with Crippen molar-refractivity contribution in [3.8, 4) is 0 Å². The van der Waals surface area contributed by atoms with Gasteiger partial charge in [-0.05, 0) is 69.9 Å². The molecular formula is C28H42N2. The molecule has 0 N–H and O–H groups in total. The van der Waals surface area contributed by atoms with Gasteiger partial charge >= 0.3 is 0 Å². The molecule has 3 saturated carbocycles. The van der Waals surface area contributed by atoms with Crippen molar-refractivity contribution >= 4 is 5.69 Å². The number of benzene rings is 1. The number of hydrogen-bond acceptors (Lipinski definition) is 2. The average molecular weight is 407 g/mol. The third-order valence-corrected chi connectivity index (χ3v) is 8.72. The lowest BCUT2D eigenvalue weighted by Gasteiger charge is -2.46. The Morgan fingerprint density at radius 2 is 1.30 bits per heavy atom. The van der Waals surface area contributed by atoms with Crippen molar-refractivity contribution in [2.75, 3.05) is 4.90 Å². The first kappa shape index (κ1) is 20.5. The minimum Gasteiger partial charge on any atom is -0.349 e. The Hall–Kier alpha value is -1.44. The topological polar surface area (TPSA) is 6.48 Å². The maximum Gasteiger partial charge on any atom is 0.109 e. The number of rotatable bonds is 4. The maximum absolute atomic E-state index is 3.05. The van der Waals surface area contributed by atoms with E-state index in [2.05, 4.69) is 47.9 Å². The van der Waals surface area contributed by atoms with Crippen LogP contribution < -0.4 is 4.90 Å². The number of nitrogens with zero attached hydrogens (tertiary/aromatic N) is 2. The predicted octanol–water partition coefficient (Wildman–Crippen LogP) is 7.78. The zero-order valence-corrected chi connectivity index (χ0v) is 19.4. The highest BCUT2D eigenvalue weighted by atomic mass is 15.4. The monoisotopic (exact) mass is 406 g/mol. The molecule has 2 heteroatoms. The van der Waals surface area contributed by atoms with Crippen LogP contribution in [-0.2, 0) is 0 Å². The fraction of sp³-hybridized carbons (Fsp3) is 0.714. The lowest BCUT2D eigenvalue weighted by molar-refractivity contribution is 0.0952. The number of allylic oxidation sites excluding steroid dienone is 2. The van der Waals surface area contributed by atoms with Crippen LogP contribution in [-0.4, -0.2) is 17.1 Å². The van der Waals surface area contributed by atoms with Gasteiger partial charge in [0.2, 0.25) is 0 Å². The summed E-state index contributed by atoms with van der Waals surface area (Å²) in [6, 6.07) is 9.95. The molecule has 0 bridgehead atoms. The van der Waals surface area contributed by atoms with Gasteiger partial charge in [0, 0.05) is 29.0 Å². The molecule has 3 aliphatic carbocycles. The molecule has 0 aromatic heterocycles.